The number of carbonyl (C=O) groups is 2. The predicted octanol–water partition coefficient (Wildman–Crippen LogP) is 19.1. The normalized spacial score (nSPS) is 18.3. The zero-order valence-electron chi connectivity index (χ0n) is 56.2. The van der Waals surface area contributed by atoms with E-state index < -0.39 is 49.5 Å². The molecule has 7 atom stereocenters. The van der Waals surface area contributed by atoms with Crippen molar-refractivity contribution in [2.45, 2.75) is 378 Å². The van der Waals surface area contributed by atoms with Gasteiger partial charge in [0.25, 0.3) is 0 Å². The van der Waals surface area contributed by atoms with Crippen LogP contribution in [0, 0.1) is 0 Å². The highest BCUT2D eigenvalue weighted by Crippen LogP contribution is 2.23. The number of hydrogen-bond acceptors (Lipinski definition) is 10. The molecule has 11 nitrogen and oxygen atoms in total. The van der Waals surface area contributed by atoms with Crippen molar-refractivity contribution in [1.29, 1.82) is 0 Å². The van der Waals surface area contributed by atoms with Crippen molar-refractivity contribution >= 4 is 11.9 Å². The molecule has 0 spiro atoms. The van der Waals surface area contributed by atoms with Gasteiger partial charge >= 0.3 is 5.97 Å². The molecule has 1 saturated heterocycles. The van der Waals surface area contributed by atoms with E-state index in [2.05, 4.69) is 79.9 Å². The summed E-state index contributed by atoms with van der Waals surface area (Å²) in [5, 5.41) is 54.4. The van der Waals surface area contributed by atoms with Crippen molar-refractivity contribution in [3.05, 3.63) is 72.9 Å². The summed E-state index contributed by atoms with van der Waals surface area (Å²) in [6.07, 6.45) is 77.6. The van der Waals surface area contributed by atoms with Gasteiger partial charge in [-0.2, -0.15) is 0 Å². The van der Waals surface area contributed by atoms with Gasteiger partial charge in [-0.3, -0.25) is 9.59 Å². The molecule has 0 radical (unpaired) electrons. The molecule has 11 heteroatoms. The van der Waals surface area contributed by atoms with Crippen LogP contribution in [0.25, 0.3) is 0 Å². The summed E-state index contributed by atoms with van der Waals surface area (Å²) in [4.78, 5) is 25.1. The molecule has 0 bridgehead atoms. The summed E-state index contributed by atoms with van der Waals surface area (Å²) in [6.45, 7) is 4.28. The second-order valence-corrected chi connectivity index (χ2v) is 25.3. The van der Waals surface area contributed by atoms with Crippen LogP contribution >= 0.6 is 0 Å². The van der Waals surface area contributed by atoms with Crippen molar-refractivity contribution in [2.24, 2.45) is 0 Å². The Morgan fingerprint density at radius 1 is 0.425 bits per heavy atom. The van der Waals surface area contributed by atoms with Gasteiger partial charge in [0.2, 0.25) is 5.91 Å². The van der Waals surface area contributed by atoms with Gasteiger partial charge in [0.1, 0.15) is 24.4 Å². The minimum Gasteiger partial charge on any atom is -0.466 e. The quantitative estimate of drug-likeness (QED) is 0.0195. The Morgan fingerprint density at radius 3 is 1.24 bits per heavy atom. The van der Waals surface area contributed by atoms with Gasteiger partial charge in [-0.25, -0.2) is 0 Å². The van der Waals surface area contributed by atoms with Gasteiger partial charge in [0, 0.05) is 12.8 Å². The van der Waals surface area contributed by atoms with Crippen LogP contribution in [0.1, 0.15) is 335 Å². The molecule has 7 unspecified atom stereocenters. The first-order valence-corrected chi connectivity index (χ1v) is 36.7. The maximum Gasteiger partial charge on any atom is 0.305 e. The number of amides is 1. The highest BCUT2D eigenvalue weighted by molar-refractivity contribution is 5.76. The fourth-order valence-corrected chi connectivity index (χ4v) is 11.2. The summed E-state index contributed by atoms with van der Waals surface area (Å²) in [7, 11) is 0. The van der Waals surface area contributed by atoms with Crippen molar-refractivity contribution in [3.8, 4) is 0 Å². The Bertz CT molecular complexity index is 1680. The van der Waals surface area contributed by atoms with Gasteiger partial charge in [-0.1, -0.05) is 292 Å². The molecule has 1 fully saturated rings. The summed E-state index contributed by atoms with van der Waals surface area (Å²) in [5.74, 6) is -0.199. The highest BCUT2D eigenvalue weighted by Gasteiger charge is 2.44. The molecule has 1 aliphatic heterocycles. The van der Waals surface area contributed by atoms with Crippen molar-refractivity contribution in [1.82, 2.24) is 5.32 Å². The largest absolute Gasteiger partial charge is 0.466 e. The van der Waals surface area contributed by atoms with Crippen LogP contribution in [0.15, 0.2) is 72.9 Å². The number of hydrogen-bond donors (Lipinski definition) is 6. The molecule has 0 aliphatic carbocycles. The zero-order valence-corrected chi connectivity index (χ0v) is 56.2. The van der Waals surface area contributed by atoms with Crippen LogP contribution in [-0.4, -0.2) is 100 Å². The molecule has 506 valence electrons. The Balaban J connectivity index is 1.95. The fourth-order valence-electron chi connectivity index (χ4n) is 11.2. The molecular formula is C76H137NO10. The number of allylic oxidation sites excluding steroid dienone is 11. The summed E-state index contributed by atoms with van der Waals surface area (Å²) >= 11 is 0. The SMILES string of the molecule is CCCC/C=C\C/C=C\CCCCCCCC(=O)OCCCCCCCCCCC/C=C\C/C=C\CCCCCCCCCCCCCCCCCCCC(=O)NC(COC1OC(CO)C(O)C(O)C1O)C(O)/C=C/CC/C=C/CCCCCCCC. The molecule has 87 heavy (non-hydrogen) atoms. The minimum absolute atomic E-state index is 0.00839. The van der Waals surface area contributed by atoms with Crippen LogP contribution < -0.4 is 5.32 Å². The van der Waals surface area contributed by atoms with E-state index in [0.29, 0.717) is 19.4 Å². The van der Waals surface area contributed by atoms with E-state index in [9.17, 15) is 35.1 Å². The molecule has 6 N–H and O–H groups in total. The van der Waals surface area contributed by atoms with Crippen LogP contribution in [0.3, 0.4) is 0 Å². The number of unbranched alkanes of at least 4 members (excludes halogenated alkanes) is 40. The maximum atomic E-state index is 13.1. The Kier molecular flexibility index (Phi) is 61.0. The summed E-state index contributed by atoms with van der Waals surface area (Å²) in [5.41, 5.74) is 0. The number of esters is 1. The number of rotatable bonds is 64. The molecule has 0 aromatic carbocycles. The third-order valence-corrected chi connectivity index (χ3v) is 17.0. The van der Waals surface area contributed by atoms with E-state index in [1.165, 1.54) is 238 Å². The van der Waals surface area contributed by atoms with Crippen molar-refractivity contribution < 1.29 is 49.3 Å². The molecule has 1 amide bonds. The monoisotopic (exact) mass is 1220 g/mol. The van der Waals surface area contributed by atoms with Gasteiger partial charge in [-0.05, 0) is 103 Å². The number of nitrogens with one attached hydrogen (secondary N) is 1. The maximum absolute atomic E-state index is 13.1. The van der Waals surface area contributed by atoms with E-state index in [4.69, 9.17) is 14.2 Å². The van der Waals surface area contributed by atoms with Crippen molar-refractivity contribution in [2.75, 3.05) is 19.8 Å². The first kappa shape index (κ1) is 82.1. The van der Waals surface area contributed by atoms with E-state index in [0.717, 1.165) is 70.6 Å². The van der Waals surface area contributed by atoms with Crippen LogP contribution in [-0.2, 0) is 23.8 Å². The highest BCUT2D eigenvalue weighted by atomic mass is 16.7. The second-order valence-electron chi connectivity index (χ2n) is 25.3. The zero-order chi connectivity index (χ0) is 63.0. The van der Waals surface area contributed by atoms with E-state index >= 15 is 0 Å². The lowest BCUT2D eigenvalue weighted by Gasteiger charge is -2.40. The van der Waals surface area contributed by atoms with Crippen LogP contribution in [0.4, 0.5) is 0 Å². The van der Waals surface area contributed by atoms with Crippen LogP contribution in [0.2, 0.25) is 0 Å². The van der Waals surface area contributed by atoms with Crippen LogP contribution in [0.5, 0.6) is 0 Å². The first-order valence-electron chi connectivity index (χ1n) is 36.7. The Hall–Kier alpha value is -2.90. The number of aliphatic hydroxyl groups is 5. The first-order chi connectivity index (χ1) is 42.7. The lowest BCUT2D eigenvalue weighted by molar-refractivity contribution is -0.302. The Morgan fingerprint density at radius 2 is 0.793 bits per heavy atom. The molecule has 1 rings (SSSR count). The van der Waals surface area contributed by atoms with Gasteiger partial charge < -0.3 is 45.1 Å². The summed E-state index contributed by atoms with van der Waals surface area (Å²) < 4.78 is 16.7. The minimum atomic E-state index is -1.58. The van der Waals surface area contributed by atoms with E-state index in [-0.39, 0.29) is 18.5 Å². The molecular weight excluding hydrogens is 1090 g/mol. The number of carbonyl (C=O) groups excluding carboxylic acids is 2. The standard InChI is InChI=1S/C76H137NO10/c1-3-5-7-9-11-13-15-17-40-44-48-52-56-60-64-72(81)85-65-61-57-53-49-45-41-38-36-34-32-30-28-26-24-22-20-18-19-21-23-25-27-29-31-33-35-37-39-43-47-51-55-59-63-71(80)77-68(67-86-76-75(84)74(83)73(82)70(66-78)87-76)69(79)62-58-54-50-46-42-16-14-12-10-8-6-4-2/h9,11,15,17,22,24,28,30,42,46,58,62,68-70,73-76,78-79,82-84H,3-8,10,12-14,16,18-21,23,25-27,29,31-41,43-45,47-57,59-61,63-67H2,1-2H3,(H,77,80)/b11-9-,17-15-,24-22-,30-28-,46-42+,62-58+. The number of ether oxygens (including phenoxy) is 3. The third kappa shape index (κ3) is 53.5. The van der Waals surface area contributed by atoms with E-state index in [1.807, 2.05) is 6.08 Å². The second kappa shape index (κ2) is 64.6. The molecule has 1 heterocycles. The summed E-state index contributed by atoms with van der Waals surface area (Å²) in [6, 6.07) is -0.827. The Labute approximate surface area is 534 Å². The molecule has 1 aliphatic rings. The molecule has 0 aromatic rings. The lowest BCUT2D eigenvalue weighted by Crippen LogP contribution is -2.60. The topological polar surface area (TPSA) is 175 Å². The van der Waals surface area contributed by atoms with Gasteiger partial charge in [0.15, 0.2) is 6.29 Å². The average Bonchev–Trinajstić information content (AvgIpc) is 2.75. The predicted molar refractivity (Wildman–Crippen MR) is 366 cm³/mol. The molecule has 0 saturated carbocycles. The van der Waals surface area contributed by atoms with Gasteiger partial charge in [0.05, 0.1) is 32.0 Å². The fraction of sp³-hybridized carbons (Fsp3) is 0.816. The van der Waals surface area contributed by atoms with Crippen molar-refractivity contribution in [3.63, 3.8) is 0 Å². The third-order valence-electron chi connectivity index (χ3n) is 17.0. The van der Waals surface area contributed by atoms with E-state index in [1.54, 1.807) is 6.08 Å². The molecule has 0 aromatic heterocycles. The lowest BCUT2D eigenvalue weighted by atomic mass is 9.99. The van der Waals surface area contributed by atoms with Gasteiger partial charge in [-0.15, -0.1) is 0 Å². The smallest absolute Gasteiger partial charge is 0.305 e. The average molecular weight is 1220 g/mol. The number of aliphatic hydroxyl groups excluding tert-OH is 5.